The first-order valence-electron chi connectivity index (χ1n) is 10.3. The van der Waals surface area contributed by atoms with E-state index in [0.717, 1.165) is 26.2 Å². The molecule has 1 aromatic carbocycles. The molecule has 1 aliphatic rings. The fraction of sp³-hybridized carbons (Fsp3) is 0.500. The van der Waals surface area contributed by atoms with Crippen molar-refractivity contribution in [1.29, 1.82) is 0 Å². The summed E-state index contributed by atoms with van der Waals surface area (Å²) in [4.78, 5) is 7.14. The summed E-state index contributed by atoms with van der Waals surface area (Å²) in [5.41, 5.74) is 1.17. The van der Waals surface area contributed by atoms with Crippen molar-refractivity contribution in [2.75, 3.05) is 25.9 Å². The molecule has 3 rings (SSSR count). The van der Waals surface area contributed by atoms with Gasteiger partial charge in [0.15, 0.2) is 9.84 Å². The third-order valence-electron chi connectivity index (χ3n) is 5.23. The molecule has 2 aromatic rings. The van der Waals surface area contributed by atoms with Crippen LogP contribution in [0.25, 0.3) is 0 Å². The van der Waals surface area contributed by atoms with Crippen LogP contribution in [0.4, 0.5) is 0 Å². The predicted molar refractivity (Wildman–Crippen MR) is 115 cm³/mol. The lowest BCUT2D eigenvalue weighted by Gasteiger charge is -2.32. The molecular formula is C22H31N3O3S. The number of nitrogens with zero attached hydrogens (tertiary/aromatic N) is 2. The molecule has 0 spiro atoms. The Morgan fingerprint density at radius 3 is 2.45 bits per heavy atom. The summed E-state index contributed by atoms with van der Waals surface area (Å²) in [5, 5.41) is 3.66. The summed E-state index contributed by atoms with van der Waals surface area (Å²) in [5.74, 6) is 1.06. The van der Waals surface area contributed by atoms with Gasteiger partial charge in [0.2, 0.25) is 5.88 Å². The quantitative estimate of drug-likeness (QED) is 0.628. The van der Waals surface area contributed by atoms with E-state index in [-0.39, 0.29) is 4.90 Å². The summed E-state index contributed by atoms with van der Waals surface area (Å²) in [7, 11) is -3.20. The number of unbranched alkanes of at least 4 members (excludes halogenated alkanes) is 1. The Morgan fingerprint density at radius 2 is 1.86 bits per heavy atom. The van der Waals surface area contributed by atoms with E-state index in [1.807, 2.05) is 18.3 Å². The van der Waals surface area contributed by atoms with Gasteiger partial charge in [0.25, 0.3) is 0 Å². The SMILES string of the molecule is CCCCNC1CCN(Cc2ccc(Oc3ccc(S(C)(=O)=O)cc3)nc2)CC1. The highest BCUT2D eigenvalue weighted by atomic mass is 32.2. The number of piperidine rings is 1. The molecule has 1 fully saturated rings. The van der Waals surface area contributed by atoms with Gasteiger partial charge in [0.1, 0.15) is 5.75 Å². The van der Waals surface area contributed by atoms with E-state index in [2.05, 4.69) is 22.1 Å². The first kappa shape index (κ1) is 21.7. The zero-order valence-corrected chi connectivity index (χ0v) is 18.1. The Hall–Kier alpha value is -1.96. The number of hydrogen-bond donors (Lipinski definition) is 1. The minimum absolute atomic E-state index is 0.275. The molecule has 6 nitrogen and oxygen atoms in total. The number of ether oxygens (including phenoxy) is 1. The van der Waals surface area contributed by atoms with Gasteiger partial charge < -0.3 is 10.1 Å². The second kappa shape index (κ2) is 10.2. The summed E-state index contributed by atoms with van der Waals surface area (Å²) in [6.45, 7) is 6.47. The normalized spacial score (nSPS) is 16.1. The fourth-order valence-electron chi connectivity index (χ4n) is 3.48. The summed E-state index contributed by atoms with van der Waals surface area (Å²) >= 11 is 0. The van der Waals surface area contributed by atoms with Crippen molar-refractivity contribution in [2.45, 2.75) is 50.1 Å². The van der Waals surface area contributed by atoms with Gasteiger partial charge in [-0.1, -0.05) is 19.4 Å². The number of benzene rings is 1. The molecule has 0 bridgehead atoms. The molecule has 0 atom stereocenters. The molecule has 7 heteroatoms. The molecule has 0 saturated carbocycles. The van der Waals surface area contributed by atoms with Gasteiger partial charge in [0.05, 0.1) is 4.90 Å². The van der Waals surface area contributed by atoms with Gasteiger partial charge in [-0.15, -0.1) is 0 Å². The fourth-order valence-corrected chi connectivity index (χ4v) is 4.11. The van der Waals surface area contributed by atoms with Crippen molar-refractivity contribution in [2.24, 2.45) is 0 Å². The van der Waals surface area contributed by atoms with Gasteiger partial charge >= 0.3 is 0 Å². The Labute approximate surface area is 174 Å². The van der Waals surface area contributed by atoms with Crippen LogP contribution in [0, 0.1) is 0 Å². The van der Waals surface area contributed by atoms with E-state index in [1.54, 1.807) is 24.3 Å². The predicted octanol–water partition coefficient (Wildman–Crippen LogP) is 3.63. The van der Waals surface area contributed by atoms with Gasteiger partial charge in [-0.3, -0.25) is 4.90 Å². The zero-order chi connectivity index (χ0) is 20.7. The van der Waals surface area contributed by atoms with Crippen LogP contribution in [0.5, 0.6) is 11.6 Å². The number of likely N-dealkylation sites (tertiary alicyclic amines) is 1. The van der Waals surface area contributed by atoms with Gasteiger partial charge in [0, 0.05) is 31.1 Å². The molecule has 2 heterocycles. The van der Waals surface area contributed by atoms with Crippen molar-refractivity contribution in [3.63, 3.8) is 0 Å². The van der Waals surface area contributed by atoms with Crippen LogP contribution in [-0.2, 0) is 16.4 Å². The average Bonchev–Trinajstić information content (AvgIpc) is 2.71. The number of sulfone groups is 1. The van der Waals surface area contributed by atoms with E-state index < -0.39 is 9.84 Å². The van der Waals surface area contributed by atoms with E-state index in [0.29, 0.717) is 17.7 Å². The van der Waals surface area contributed by atoms with Crippen LogP contribution < -0.4 is 10.1 Å². The molecule has 1 N–H and O–H groups in total. The molecule has 1 saturated heterocycles. The third kappa shape index (κ3) is 6.80. The lowest BCUT2D eigenvalue weighted by atomic mass is 10.0. The van der Waals surface area contributed by atoms with E-state index in [9.17, 15) is 8.42 Å². The number of pyridine rings is 1. The second-order valence-electron chi connectivity index (χ2n) is 7.71. The molecular weight excluding hydrogens is 386 g/mol. The molecule has 158 valence electrons. The first-order valence-corrected chi connectivity index (χ1v) is 12.2. The molecule has 0 aliphatic carbocycles. The molecule has 1 aliphatic heterocycles. The van der Waals surface area contributed by atoms with Crippen molar-refractivity contribution < 1.29 is 13.2 Å². The number of hydrogen-bond acceptors (Lipinski definition) is 6. The van der Waals surface area contributed by atoms with Gasteiger partial charge in [-0.2, -0.15) is 0 Å². The maximum atomic E-state index is 11.5. The van der Waals surface area contributed by atoms with Crippen LogP contribution in [0.3, 0.4) is 0 Å². The number of aromatic nitrogens is 1. The smallest absolute Gasteiger partial charge is 0.219 e. The lowest BCUT2D eigenvalue weighted by Crippen LogP contribution is -2.42. The van der Waals surface area contributed by atoms with E-state index in [1.165, 1.54) is 37.5 Å². The highest BCUT2D eigenvalue weighted by Crippen LogP contribution is 2.22. The highest BCUT2D eigenvalue weighted by Gasteiger charge is 2.18. The maximum absolute atomic E-state index is 11.5. The van der Waals surface area contributed by atoms with Crippen LogP contribution >= 0.6 is 0 Å². The Morgan fingerprint density at radius 1 is 1.14 bits per heavy atom. The Balaban J connectivity index is 1.47. The second-order valence-corrected chi connectivity index (χ2v) is 9.72. The monoisotopic (exact) mass is 417 g/mol. The minimum atomic E-state index is -3.20. The molecule has 0 radical (unpaired) electrons. The summed E-state index contributed by atoms with van der Waals surface area (Å²) < 4.78 is 28.8. The number of rotatable bonds is 9. The van der Waals surface area contributed by atoms with Crippen LogP contribution in [0.1, 0.15) is 38.2 Å². The molecule has 29 heavy (non-hydrogen) atoms. The van der Waals surface area contributed by atoms with Crippen molar-refractivity contribution >= 4 is 9.84 Å². The lowest BCUT2D eigenvalue weighted by molar-refractivity contribution is 0.190. The standard InChI is InChI=1S/C22H31N3O3S/c1-3-4-13-23-19-11-14-25(15-12-19)17-18-5-10-22(24-16-18)28-20-6-8-21(9-7-20)29(2,26)27/h5-10,16,19,23H,3-4,11-15,17H2,1-2H3. The Bertz CT molecular complexity index is 859. The van der Waals surface area contributed by atoms with Crippen molar-refractivity contribution in [1.82, 2.24) is 15.2 Å². The maximum Gasteiger partial charge on any atom is 0.219 e. The summed E-state index contributed by atoms with van der Waals surface area (Å²) in [6, 6.07) is 10.9. The van der Waals surface area contributed by atoms with Crippen LogP contribution in [-0.4, -0.2) is 50.2 Å². The van der Waals surface area contributed by atoms with Crippen molar-refractivity contribution in [3.05, 3.63) is 48.2 Å². The van der Waals surface area contributed by atoms with Crippen LogP contribution in [0.15, 0.2) is 47.5 Å². The van der Waals surface area contributed by atoms with E-state index >= 15 is 0 Å². The largest absolute Gasteiger partial charge is 0.439 e. The third-order valence-corrected chi connectivity index (χ3v) is 6.36. The zero-order valence-electron chi connectivity index (χ0n) is 17.3. The molecule has 0 amide bonds. The van der Waals surface area contributed by atoms with Crippen molar-refractivity contribution in [3.8, 4) is 11.6 Å². The topological polar surface area (TPSA) is 71.5 Å². The van der Waals surface area contributed by atoms with Gasteiger partial charge in [-0.25, -0.2) is 13.4 Å². The average molecular weight is 418 g/mol. The molecule has 1 aromatic heterocycles. The minimum Gasteiger partial charge on any atom is -0.439 e. The molecule has 0 unspecified atom stereocenters. The Kier molecular flexibility index (Phi) is 7.64. The van der Waals surface area contributed by atoms with Gasteiger partial charge in [-0.05, 0) is 68.7 Å². The van der Waals surface area contributed by atoms with E-state index in [4.69, 9.17) is 4.74 Å². The first-order chi connectivity index (χ1) is 13.9. The van der Waals surface area contributed by atoms with Crippen LogP contribution in [0.2, 0.25) is 0 Å². The highest BCUT2D eigenvalue weighted by molar-refractivity contribution is 7.90. The number of nitrogens with one attached hydrogen (secondary N) is 1. The summed E-state index contributed by atoms with van der Waals surface area (Å²) in [6.07, 6.45) is 7.93.